The highest BCUT2D eigenvalue weighted by Crippen LogP contribution is 2.37. The number of piperidine rings is 1. The third-order valence-corrected chi connectivity index (χ3v) is 7.49. The number of likely N-dealkylation sites (tertiary alicyclic amines) is 1. The third kappa shape index (κ3) is 4.50. The maximum Gasteiger partial charge on any atom is 0.223 e. The first kappa shape index (κ1) is 20.4. The minimum absolute atomic E-state index is 0.309. The van der Waals surface area contributed by atoms with Gasteiger partial charge in [0.05, 0.1) is 17.8 Å². The van der Waals surface area contributed by atoms with Gasteiger partial charge >= 0.3 is 0 Å². The van der Waals surface area contributed by atoms with Crippen molar-refractivity contribution in [3.63, 3.8) is 0 Å². The predicted octanol–water partition coefficient (Wildman–Crippen LogP) is 5.49. The van der Waals surface area contributed by atoms with Gasteiger partial charge in [0.15, 0.2) is 0 Å². The molecule has 1 saturated heterocycles. The van der Waals surface area contributed by atoms with Crippen molar-refractivity contribution < 1.29 is 9.53 Å². The normalized spacial score (nSPS) is 21.9. The van der Waals surface area contributed by atoms with Gasteiger partial charge < -0.3 is 9.64 Å². The Morgan fingerprint density at radius 3 is 2.93 bits per heavy atom. The second-order valence-corrected chi connectivity index (χ2v) is 9.69. The lowest BCUT2D eigenvalue weighted by Gasteiger charge is -2.34. The second-order valence-electron chi connectivity index (χ2n) is 8.80. The van der Waals surface area contributed by atoms with Crippen molar-refractivity contribution in [2.24, 2.45) is 0 Å². The smallest absolute Gasteiger partial charge is 0.223 e. The number of thiazole rings is 1. The lowest BCUT2D eigenvalue weighted by molar-refractivity contribution is -0.132. The van der Waals surface area contributed by atoms with E-state index in [1.165, 1.54) is 21.8 Å². The Kier molecular flexibility index (Phi) is 6.23. The molecule has 156 valence electrons. The molecular formula is C24H32N2O2S. The van der Waals surface area contributed by atoms with E-state index < -0.39 is 0 Å². The van der Waals surface area contributed by atoms with Crippen molar-refractivity contribution in [3.8, 4) is 5.75 Å². The first-order valence-electron chi connectivity index (χ1n) is 10.9. The molecule has 0 N–H and O–H groups in total. The molecule has 0 saturated carbocycles. The van der Waals surface area contributed by atoms with Gasteiger partial charge in [0.1, 0.15) is 5.75 Å². The summed E-state index contributed by atoms with van der Waals surface area (Å²) in [6, 6.07) is 6.36. The molecule has 1 aliphatic carbocycles. The number of carbonyl (C=O) groups is 1. The molecule has 1 aromatic carbocycles. The van der Waals surface area contributed by atoms with Crippen LogP contribution >= 0.6 is 11.3 Å². The number of aryl methyl sites for hydroxylation is 1. The number of carbonyl (C=O) groups excluding carboxylic acids is 1. The monoisotopic (exact) mass is 412 g/mol. The zero-order chi connectivity index (χ0) is 20.4. The van der Waals surface area contributed by atoms with Gasteiger partial charge in [0.2, 0.25) is 5.91 Å². The van der Waals surface area contributed by atoms with Crippen LogP contribution in [-0.2, 0) is 11.2 Å². The number of nitrogens with zero attached hydrogens (tertiary/aromatic N) is 2. The summed E-state index contributed by atoms with van der Waals surface area (Å²) >= 11 is 1.77. The van der Waals surface area contributed by atoms with E-state index in [0.29, 0.717) is 30.1 Å². The average Bonchev–Trinajstić information content (AvgIpc) is 3.24. The highest BCUT2D eigenvalue weighted by molar-refractivity contribution is 7.09. The molecule has 2 unspecified atom stereocenters. The number of ether oxygens (including phenoxy) is 1. The van der Waals surface area contributed by atoms with Gasteiger partial charge in [-0.1, -0.05) is 19.9 Å². The summed E-state index contributed by atoms with van der Waals surface area (Å²) < 4.78 is 5.38. The molecule has 2 aliphatic rings. The van der Waals surface area contributed by atoms with E-state index in [0.717, 1.165) is 50.9 Å². The minimum atomic E-state index is 0.309. The molecule has 1 aliphatic heterocycles. The van der Waals surface area contributed by atoms with Gasteiger partial charge in [0.25, 0.3) is 0 Å². The molecule has 2 aromatic rings. The molecule has 5 heteroatoms. The zero-order valence-corrected chi connectivity index (χ0v) is 18.6. The van der Waals surface area contributed by atoms with E-state index in [-0.39, 0.29) is 0 Å². The van der Waals surface area contributed by atoms with E-state index >= 15 is 0 Å². The van der Waals surface area contributed by atoms with Gasteiger partial charge in [-0.15, -0.1) is 11.3 Å². The fourth-order valence-corrected chi connectivity index (χ4v) is 5.84. The molecule has 29 heavy (non-hydrogen) atoms. The van der Waals surface area contributed by atoms with Gasteiger partial charge in [-0.05, 0) is 67.2 Å². The molecule has 2 heterocycles. The summed E-state index contributed by atoms with van der Waals surface area (Å²) in [5, 5.41) is 3.40. The lowest BCUT2D eigenvalue weighted by Crippen LogP contribution is -2.39. The standard InChI is InChI=1S/C24H32N2O2S/c1-16(2)22-15-29-24(25-22)19-8-5-11-26(14-19)23(27)13-18-7-4-6-17-12-20(28-3)9-10-21(17)18/h9-10,12,15-16,18-19H,4-8,11,13-14H2,1-3H3. The highest BCUT2D eigenvalue weighted by atomic mass is 32.1. The summed E-state index contributed by atoms with van der Waals surface area (Å²) in [7, 11) is 1.71. The van der Waals surface area contributed by atoms with Crippen molar-refractivity contribution in [2.45, 2.75) is 70.1 Å². The van der Waals surface area contributed by atoms with Crippen molar-refractivity contribution in [1.29, 1.82) is 0 Å². The molecule has 4 rings (SSSR count). The first-order valence-corrected chi connectivity index (χ1v) is 11.8. The predicted molar refractivity (Wildman–Crippen MR) is 118 cm³/mol. The third-order valence-electron chi connectivity index (χ3n) is 6.46. The van der Waals surface area contributed by atoms with Gasteiger partial charge in [-0.3, -0.25) is 4.79 Å². The quantitative estimate of drug-likeness (QED) is 0.652. The van der Waals surface area contributed by atoms with Gasteiger partial charge in [-0.2, -0.15) is 0 Å². The largest absolute Gasteiger partial charge is 0.497 e. The molecule has 1 fully saturated rings. The van der Waals surface area contributed by atoms with Crippen LogP contribution in [0.5, 0.6) is 5.75 Å². The van der Waals surface area contributed by atoms with Crippen molar-refractivity contribution in [2.75, 3.05) is 20.2 Å². The number of hydrogen-bond acceptors (Lipinski definition) is 4. The Morgan fingerprint density at radius 1 is 1.31 bits per heavy atom. The van der Waals surface area contributed by atoms with Crippen LogP contribution in [0, 0.1) is 0 Å². The van der Waals surface area contributed by atoms with Crippen molar-refractivity contribution in [1.82, 2.24) is 9.88 Å². The molecule has 0 bridgehead atoms. The number of hydrogen-bond donors (Lipinski definition) is 0. The van der Waals surface area contributed by atoms with E-state index in [9.17, 15) is 4.79 Å². The number of amides is 1. The first-order chi connectivity index (χ1) is 14.0. The Labute approximate surface area is 178 Å². The molecular weight excluding hydrogens is 380 g/mol. The Morgan fingerprint density at radius 2 is 2.17 bits per heavy atom. The Hall–Kier alpha value is -1.88. The van der Waals surface area contributed by atoms with Crippen LogP contribution in [0.2, 0.25) is 0 Å². The van der Waals surface area contributed by atoms with Crippen LogP contribution in [-0.4, -0.2) is 36.0 Å². The minimum Gasteiger partial charge on any atom is -0.497 e. The van der Waals surface area contributed by atoms with E-state index in [2.05, 4.69) is 36.3 Å². The molecule has 1 aromatic heterocycles. The number of benzene rings is 1. The molecule has 2 atom stereocenters. The number of rotatable bonds is 5. The number of aromatic nitrogens is 1. The fraction of sp³-hybridized carbons (Fsp3) is 0.583. The van der Waals surface area contributed by atoms with Crippen LogP contribution in [0.4, 0.5) is 0 Å². The topological polar surface area (TPSA) is 42.4 Å². The SMILES string of the molecule is COc1ccc2c(c1)CCCC2CC(=O)N1CCCC(c2nc(C(C)C)cs2)C1. The van der Waals surface area contributed by atoms with Crippen LogP contribution in [0.25, 0.3) is 0 Å². The van der Waals surface area contributed by atoms with Crippen LogP contribution < -0.4 is 4.74 Å². The van der Waals surface area contributed by atoms with Crippen LogP contribution in [0.15, 0.2) is 23.6 Å². The van der Waals surface area contributed by atoms with Crippen molar-refractivity contribution >= 4 is 17.2 Å². The number of fused-ring (bicyclic) bond motifs is 1. The Balaban J connectivity index is 1.42. The van der Waals surface area contributed by atoms with E-state index in [1.54, 1.807) is 18.4 Å². The highest BCUT2D eigenvalue weighted by Gasteiger charge is 2.30. The van der Waals surface area contributed by atoms with Crippen LogP contribution in [0.1, 0.15) is 85.5 Å². The van der Waals surface area contributed by atoms with Crippen molar-refractivity contribution in [3.05, 3.63) is 45.4 Å². The molecule has 4 nitrogen and oxygen atoms in total. The maximum absolute atomic E-state index is 13.2. The van der Waals surface area contributed by atoms with Gasteiger partial charge in [0, 0.05) is 30.8 Å². The van der Waals surface area contributed by atoms with Crippen LogP contribution in [0.3, 0.4) is 0 Å². The fourth-order valence-electron chi connectivity index (χ4n) is 4.73. The summed E-state index contributed by atoms with van der Waals surface area (Å²) in [5.41, 5.74) is 3.89. The molecule has 0 radical (unpaired) electrons. The maximum atomic E-state index is 13.2. The van der Waals surface area contributed by atoms with E-state index in [1.807, 2.05) is 6.07 Å². The summed E-state index contributed by atoms with van der Waals surface area (Å²) in [6.07, 6.45) is 6.18. The summed E-state index contributed by atoms with van der Waals surface area (Å²) in [4.78, 5) is 20.1. The zero-order valence-electron chi connectivity index (χ0n) is 17.8. The summed E-state index contributed by atoms with van der Waals surface area (Å²) in [5.74, 6) is 2.42. The van der Waals surface area contributed by atoms with Gasteiger partial charge in [-0.25, -0.2) is 4.98 Å². The molecule has 1 amide bonds. The lowest BCUT2D eigenvalue weighted by atomic mass is 9.80. The van der Waals surface area contributed by atoms with E-state index in [4.69, 9.17) is 9.72 Å². The molecule has 0 spiro atoms. The number of methoxy groups -OCH3 is 1. The second kappa shape index (κ2) is 8.86. The average molecular weight is 413 g/mol. The summed E-state index contributed by atoms with van der Waals surface area (Å²) in [6.45, 7) is 6.09. The Bertz CT molecular complexity index is 860.